The van der Waals surface area contributed by atoms with Gasteiger partial charge in [0.15, 0.2) is 0 Å². The van der Waals surface area contributed by atoms with E-state index in [2.05, 4.69) is 15.9 Å². The Morgan fingerprint density at radius 1 is 0.923 bits per heavy atom. The number of halogens is 1. The van der Waals surface area contributed by atoms with E-state index >= 15 is 0 Å². The molecule has 1 saturated heterocycles. The molecule has 1 aliphatic heterocycles. The number of piperazine rings is 1. The van der Waals surface area contributed by atoms with Crippen molar-refractivity contribution >= 4 is 17.3 Å². The minimum atomic E-state index is 0.0197. The summed E-state index contributed by atoms with van der Waals surface area (Å²) in [7, 11) is 0. The molecular formula is C21H27ClN2O2. The standard InChI is InChI=1S/C21H27ClN2O2/c22-19-8-2-3-9-20(19)24-14-12-23(13-15-24)11-5-6-16-26-21-10-4-1-7-18(21)17-25/h1-4,7-10,25H,5-6,11-17H2. The van der Waals surface area contributed by atoms with Gasteiger partial charge < -0.3 is 14.7 Å². The van der Waals surface area contributed by atoms with Crippen LogP contribution in [0.2, 0.25) is 5.02 Å². The Hall–Kier alpha value is -1.75. The van der Waals surface area contributed by atoms with Gasteiger partial charge in [-0.2, -0.15) is 0 Å². The second-order valence-electron chi connectivity index (χ2n) is 6.60. The lowest BCUT2D eigenvalue weighted by Gasteiger charge is -2.36. The lowest BCUT2D eigenvalue weighted by Crippen LogP contribution is -2.46. The molecule has 0 atom stereocenters. The maximum Gasteiger partial charge on any atom is 0.124 e. The number of rotatable bonds is 8. The molecule has 1 fully saturated rings. The van der Waals surface area contributed by atoms with Gasteiger partial charge in [0.05, 0.1) is 23.9 Å². The van der Waals surface area contributed by atoms with E-state index in [9.17, 15) is 5.11 Å². The summed E-state index contributed by atoms with van der Waals surface area (Å²) in [5, 5.41) is 10.1. The second kappa shape index (κ2) is 9.81. The van der Waals surface area contributed by atoms with Crippen LogP contribution in [0.3, 0.4) is 0 Å². The summed E-state index contributed by atoms with van der Waals surface area (Å²) >= 11 is 6.30. The van der Waals surface area contributed by atoms with Gasteiger partial charge in [0.25, 0.3) is 0 Å². The maximum atomic E-state index is 9.31. The van der Waals surface area contributed by atoms with Crippen LogP contribution in [-0.4, -0.2) is 49.3 Å². The van der Waals surface area contributed by atoms with Crippen molar-refractivity contribution in [2.45, 2.75) is 19.4 Å². The van der Waals surface area contributed by atoms with Crippen molar-refractivity contribution in [3.05, 3.63) is 59.1 Å². The molecule has 0 aliphatic carbocycles. The first kappa shape index (κ1) is 19.0. The third-order valence-corrected chi connectivity index (χ3v) is 5.15. The number of unbranched alkanes of at least 4 members (excludes halogenated alkanes) is 1. The molecule has 3 rings (SSSR count). The normalized spacial score (nSPS) is 15.2. The van der Waals surface area contributed by atoms with Crippen molar-refractivity contribution in [3.8, 4) is 5.75 Å². The fourth-order valence-corrected chi connectivity index (χ4v) is 3.57. The van der Waals surface area contributed by atoms with Crippen molar-refractivity contribution < 1.29 is 9.84 Å². The highest BCUT2D eigenvalue weighted by molar-refractivity contribution is 6.33. The molecule has 0 spiro atoms. The van der Waals surface area contributed by atoms with Gasteiger partial charge >= 0.3 is 0 Å². The van der Waals surface area contributed by atoms with E-state index in [1.54, 1.807) is 0 Å². The van der Waals surface area contributed by atoms with E-state index in [1.165, 1.54) is 0 Å². The predicted molar refractivity (Wildman–Crippen MR) is 107 cm³/mol. The summed E-state index contributed by atoms with van der Waals surface area (Å²) in [4.78, 5) is 4.88. The quantitative estimate of drug-likeness (QED) is 0.713. The summed E-state index contributed by atoms with van der Waals surface area (Å²) < 4.78 is 5.80. The minimum Gasteiger partial charge on any atom is -0.493 e. The highest BCUT2D eigenvalue weighted by atomic mass is 35.5. The number of aliphatic hydroxyl groups is 1. The summed E-state index contributed by atoms with van der Waals surface area (Å²) in [6.45, 7) is 5.98. The molecule has 0 saturated carbocycles. The zero-order chi connectivity index (χ0) is 18.2. The van der Waals surface area contributed by atoms with Crippen LogP contribution in [0.15, 0.2) is 48.5 Å². The first-order valence-electron chi connectivity index (χ1n) is 9.31. The average Bonchev–Trinajstić information content (AvgIpc) is 2.69. The van der Waals surface area contributed by atoms with Gasteiger partial charge in [-0.25, -0.2) is 0 Å². The summed E-state index contributed by atoms with van der Waals surface area (Å²) in [5.74, 6) is 0.795. The first-order chi connectivity index (χ1) is 12.8. The largest absolute Gasteiger partial charge is 0.493 e. The number of nitrogens with zero attached hydrogens (tertiary/aromatic N) is 2. The Bertz CT molecular complexity index is 687. The number of hydrogen-bond acceptors (Lipinski definition) is 4. The predicted octanol–water partition coefficient (Wildman–Crippen LogP) is 3.81. The van der Waals surface area contributed by atoms with Crippen LogP contribution >= 0.6 is 11.6 Å². The highest BCUT2D eigenvalue weighted by Gasteiger charge is 2.18. The van der Waals surface area contributed by atoms with Crippen molar-refractivity contribution in [1.29, 1.82) is 0 Å². The highest BCUT2D eigenvalue weighted by Crippen LogP contribution is 2.26. The van der Waals surface area contributed by atoms with Gasteiger partial charge in [-0.1, -0.05) is 41.9 Å². The molecule has 1 heterocycles. The third-order valence-electron chi connectivity index (χ3n) is 4.83. The molecule has 26 heavy (non-hydrogen) atoms. The minimum absolute atomic E-state index is 0.0197. The van der Waals surface area contributed by atoms with Crippen molar-refractivity contribution in [1.82, 2.24) is 4.90 Å². The summed E-state index contributed by atoms with van der Waals surface area (Å²) in [6, 6.07) is 15.7. The first-order valence-corrected chi connectivity index (χ1v) is 9.69. The van der Waals surface area contributed by atoms with Gasteiger partial charge in [0.1, 0.15) is 5.75 Å². The van der Waals surface area contributed by atoms with Crippen molar-refractivity contribution in [3.63, 3.8) is 0 Å². The number of benzene rings is 2. The van der Waals surface area contributed by atoms with E-state index in [0.717, 1.165) is 67.6 Å². The molecule has 2 aromatic rings. The molecule has 140 valence electrons. The van der Waals surface area contributed by atoms with Crippen LogP contribution in [0.1, 0.15) is 18.4 Å². The van der Waals surface area contributed by atoms with E-state index in [0.29, 0.717) is 6.61 Å². The third kappa shape index (κ3) is 5.13. The molecule has 1 N–H and O–H groups in total. The molecule has 0 radical (unpaired) electrons. The fourth-order valence-electron chi connectivity index (χ4n) is 3.32. The molecule has 5 heteroatoms. The Balaban J connectivity index is 1.34. The number of aliphatic hydroxyl groups excluding tert-OH is 1. The molecule has 0 bridgehead atoms. The van der Waals surface area contributed by atoms with Crippen molar-refractivity contribution in [2.75, 3.05) is 44.2 Å². The SMILES string of the molecule is OCc1ccccc1OCCCCN1CCN(c2ccccc2Cl)CC1. The van der Waals surface area contributed by atoms with E-state index in [-0.39, 0.29) is 6.61 Å². The van der Waals surface area contributed by atoms with Crippen LogP contribution in [0, 0.1) is 0 Å². The lowest BCUT2D eigenvalue weighted by atomic mass is 10.2. The monoisotopic (exact) mass is 374 g/mol. The smallest absolute Gasteiger partial charge is 0.124 e. The van der Waals surface area contributed by atoms with Gasteiger partial charge in [0.2, 0.25) is 0 Å². The molecular weight excluding hydrogens is 348 g/mol. The number of hydrogen-bond donors (Lipinski definition) is 1. The Morgan fingerprint density at radius 2 is 1.65 bits per heavy atom. The molecule has 2 aromatic carbocycles. The van der Waals surface area contributed by atoms with Crippen LogP contribution < -0.4 is 9.64 Å². The molecule has 0 unspecified atom stereocenters. The molecule has 0 aromatic heterocycles. The van der Waals surface area contributed by atoms with E-state index in [1.807, 2.05) is 42.5 Å². The summed E-state index contributed by atoms with van der Waals surface area (Å²) in [6.07, 6.45) is 2.14. The number of para-hydroxylation sites is 2. The maximum absolute atomic E-state index is 9.31. The van der Waals surface area contributed by atoms with Gasteiger partial charge in [-0.15, -0.1) is 0 Å². The second-order valence-corrected chi connectivity index (χ2v) is 7.01. The van der Waals surface area contributed by atoms with Crippen molar-refractivity contribution in [2.24, 2.45) is 0 Å². The topological polar surface area (TPSA) is 35.9 Å². The molecule has 1 aliphatic rings. The van der Waals surface area contributed by atoms with Crippen LogP contribution in [-0.2, 0) is 6.61 Å². The molecule has 0 amide bonds. The van der Waals surface area contributed by atoms with E-state index < -0.39 is 0 Å². The summed E-state index contributed by atoms with van der Waals surface area (Å²) in [5.41, 5.74) is 1.99. The van der Waals surface area contributed by atoms with Gasteiger partial charge in [0, 0.05) is 31.7 Å². The van der Waals surface area contributed by atoms with E-state index in [4.69, 9.17) is 16.3 Å². The van der Waals surface area contributed by atoms with Gasteiger partial charge in [-0.05, 0) is 37.6 Å². The lowest BCUT2D eigenvalue weighted by molar-refractivity contribution is 0.234. The fraction of sp³-hybridized carbons (Fsp3) is 0.429. The zero-order valence-electron chi connectivity index (χ0n) is 15.1. The Morgan fingerprint density at radius 3 is 2.42 bits per heavy atom. The van der Waals surface area contributed by atoms with Crippen LogP contribution in [0.4, 0.5) is 5.69 Å². The Kier molecular flexibility index (Phi) is 7.18. The molecule has 4 nitrogen and oxygen atoms in total. The number of anilines is 1. The van der Waals surface area contributed by atoms with Gasteiger partial charge in [-0.3, -0.25) is 4.90 Å². The van der Waals surface area contributed by atoms with Crippen LogP contribution in [0.25, 0.3) is 0 Å². The average molecular weight is 375 g/mol. The Labute approximate surface area is 160 Å². The number of ether oxygens (including phenoxy) is 1. The van der Waals surface area contributed by atoms with Crippen LogP contribution in [0.5, 0.6) is 5.75 Å². The zero-order valence-corrected chi connectivity index (χ0v) is 15.9.